The van der Waals surface area contributed by atoms with Crippen molar-refractivity contribution >= 4 is 40.8 Å². The fraction of sp³-hybridized carbons (Fsp3) is 0.133. The standard InChI is InChI=1S/C30H19Cl2F6NO5/c1-43-25-8-7-21(14-22(25)16-5-3-2-4-6-16)44-27-23(31)12-20(13-24(27)32)39(15-26(40)41)28(42)17-9-18(29(33,34)35)11-19(10-17)30(36,37)38/h2-14H,15H2,1H3,(H,40,41). The Balaban J connectivity index is 1.74. The van der Waals surface area contributed by atoms with Crippen molar-refractivity contribution in [1.29, 1.82) is 0 Å². The zero-order valence-corrected chi connectivity index (χ0v) is 23.8. The maximum atomic E-state index is 13.4. The Bertz CT molecular complexity index is 1660. The van der Waals surface area contributed by atoms with Crippen LogP contribution in [0.1, 0.15) is 21.5 Å². The molecule has 4 aromatic rings. The largest absolute Gasteiger partial charge is 0.496 e. The van der Waals surface area contributed by atoms with E-state index < -0.39 is 47.5 Å². The molecule has 0 saturated carbocycles. The normalized spacial score (nSPS) is 11.7. The topological polar surface area (TPSA) is 76.1 Å². The molecule has 1 N–H and O–H groups in total. The van der Waals surface area contributed by atoms with Crippen molar-refractivity contribution in [2.75, 3.05) is 18.6 Å². The van der Waals surface area contributed by atoms with Gasteiger partial charge in [0.15, 0.2) is 5.75 Å². The number of carboxylic acids is 1. The van der Waals surface area contributed by atoms with E-state index in [4.69, 9.17) is 32.7 Å². The summed E-state index contributed by atoms with van der Waals surface area (Å²) in [6, 6.07) is 16.3. The minimum Gasteiger partial charge on any atom is -0.496 e. The van der Waals surface area contributed by atoms with Crippen LogP contribution in [0.25, 0.3) is 11.1 Å². The van der Waals surface area contributed by atoms with Gasteiger partial charge < -0.3 is 14.6 Å². The lowest BCUT2D eigenvalue weighted by atomic mass is 10.0. The number of ether oxygens (including phenoxy) is 2. The minimum absolute atomic E-state index is 0.123. The molecular formula is C30H19Cl2F6NO5. The molecular weight excluding hydrogens is 639 g/mol. The average molecular weight is 658 g/mol. The minimum atomic E-state index is -5.23. The highest BCUT2D eigenvalue weighted by molar-refractivity contribution is 6.37. The van der Waals surface area contributed by atoms with Gasteiger partial charge in [-0.3, -0.25) is 14.5 Å². The van der Waals surface area contributed by atoms with E-state index in [1.165, 1.54) is 7.11 Å². The number of carbonyl (C=O) groups excluding carboxylic acids is 1. The molecule has 0 aliphatic heterocycles. The number of carboxylic acid groups (broad SMARTS) is 1. The number of rotatable bonds is 8. The van der Waals surface area contributed by atoms with Gasteiger partial charge in [-0.15, -0.1) is 0 Å². The highest BCUT2D eigenvalue weighted by atomic mass is 35.5. The molecule has 0 spiro atoms. The third kappa shape index (κ3) is 7.37. The van der Waals surface area contributed by atoms with E-state index in [0.29, 0.717) is 16.2 Å². The zero-order chi connectivity index (χ0) is 32.4. The first-order valence-electron chi connectivity index (χ1n) is 12.3. The van der Waals surface area contributed by atoms with Gasteiger partial charge in [0.25, 0.3) is 5.91 Å². The SMILES string of the molecule is COc1ccc(Oc2c(Cl)cc(N(CC(=O)O)C(=O)c3cc(C(F)(F)F)cc(C(F)(F)F)c3)cc2Cl)cc1-c1ccccc1. The Hall–Kier alpha value is -4.42. The number of halogens is 8. The summed E-state index contributed by atoms with van der Waals surface area (Å²) in [6.45, 7) is -1.15. The van der Waals surface area contributed by atoms with E-state index in [9.17, 15) is 41.0 Å². The Morgan fingerprint density at radius 3 is 1.89 bits per heavy atom. The summed E-state index contributed by atoms with van der Waals surface area (Å²) in [5, 5.41) is 8.92. The lowest BCUT2D eigenvalue weighted by molar-refractivity contribution is -0.143. The molecule has 0 unspecified atom stereocenters. The van der Waals surface area contributed by atoms with E-state index >= 15 is 0 Å². The van der Waals surface area contributed by atoms with Crippen molar-refractivity contribution in [1.82, 2.24) is 0 Å². The van der Waals surface area contributed by atoms with Gasteiger partial charge in [-0.05, 0) is 54.1 Å². The van der Waals surface area contributed by atoms with E-state index in [1.807, 2.05) is 30.3 Å². The van der Waals surface area contributed by atoms with E-state index in [1.54, 1.807) is 18.2 Å². The van der Waals surface area contributed by atoms with Crippen molar-refractivity contribution in [3.05, 3.63) is 106 Å². The fourth-order valence-corrected chi connectivity index (χ4v) is 4.71. The molecule has 1 amide bonds. The van der Waals surface area contributed by atoms with Crippen LogP contribution in [0.3, 0.4) is 0 Å². The van der Waals surface area contributed by atoms with Gasteiger partial charge in [0.2, 0.25) is 0 Å². The van der Waals surface area contributed by atoms with Crippen LogP contribution in [0.4, 0.5) is 32.0 Å². The summed E-state index contributed by atoms with van der Waals surface area (Å²) in [4.78, 5) is 25.3. The number of carbonyl (C=O) groups is 2. The Morgan fingerprint density at radius 2 is 1.39 bits per heavy atom. The van der Waals surface area contributed by atoms with Gasteiger partial charge in [0, 0.05) is 16.8 Å². The number of amides is 1. The second kappa shape index (κ2) is 12.7. The predicted octanol–water partition coefficient (Wildman–Crippen LogP) is 9.23. The molecule has 0 radical (unpaired) electrons. The van der Waals surface area contributed by atoms with Crippen molar-refractivity contribution in [3.8, 4) is 28.4 Å². The molecule has 4 aromatic carbocycles. The van der Waals surface area contributed by atoms with Crippen LogP contribution in [0, 0.1) is 0 Å². The molecule has 0 atom stereocenters. The number of aliphatic carboxylic acids is 1. The third-order valence-electron chi connectivity index (χ3n) is 6.14. The molecule has 0 aromatic heterocycles. The van der Waals surface area contributed by atoms with Crippen LogP contribution >= 0.6 is 23.2 Å². The van der Waals surface area contributed by atoms with Gasteiger partial charge in [0.05, 0.1) is 28.3 Å². The summed E-state index contributed by atoms with van der Waals surface area (Å²) in [7, 11) is 1.49. The van der Waals surface area contributed by atoms with Crippen molar-refractivity contribution in [2.45, 2.75) is 12.4 Å². The molecule has 0 saturated heterocycles. The van der Waals surface area contributed by atoms with Crippen LogP contribution < -0.4 is 14.4 Å². The van der Waals surface area contributed by atoms with Crippen molar-refractivity contribution in [3.63, 3.8) is 0 Å². The molecule has 14 heteroatoms. The quantitative estimate of drug-likeness (QED) is 0.191. The van der Waals surface area contributed by atoms with Crippen LogP contribution in [0.5, 0.6) is 17.2 Å². The molecule has 44 heavy (non-hydrogen) atoms. The predicted molar refractivity (Wildman–Crippen MR) is 151 cm³/mol. The highest BCUT2D eigenvalue weighted by Gasteiger charge is 2.38. The molecule has 0 heterocycles. The monoisotopic (exact) mass is 657 g/mol. The maximum absolute atomic E-state index is 13.4. The summed E-state index contributed by atoms with van der Waals surface area (Å²) in [6.07, 6.45) is -10.5. The van der Waals surface area contributed by atoms with Crippen LogP contribution in [-0.4, -0.2) is 30.6 Å². The highest BCUT2D eigenvalue weighted by Crippen LogP contribution is 2.43. The first-order chi connectivity index (χ1) is 20.6. The number of anilines is 1. The number of nitrogens with zero attached hydrogens (tertiary/aromatic N) is 1. The number of hydrogen-bond donors (Lipinski definition) is 1. The van der Waals surface area contributed by atoms with Crippen molar-refractivity contribution < 1.29 is 50.5 Å². The summed E-state index contributed by atoms with van der Waals surface area (Å²) < 4.78 is 91.6. The molecule has 0 bridgehead atoms. The van der Waals surface area contributed by atoms with E-state index in [-0.39, 0.29) is 45.4 Å². The molecule has 6 nitrogen and oxygen atoms in total. The summed E-state index contributed by atoms with van der Waals surface area (Å²) in [5.74, 6) is -2.44. The van der Waals surface area contributed by atoms with Gasteiger partial charge in [0.1, 0.15) is 18.0 Å². The number of alkyl halides is 6. The second-order valence-electron chi connectivity index (χ2n) is 9.15. The van der Waals surface area contributed by atoms with Crippen molar-refractivity contribution in [2.24, 2.45) is 0 Å². The van der Waals surface area contributed by atoms with Gasteiger partial charge >= 0.3 is 18.3 Å². The van der Waals surface area contributed by atoms with Gasteiger partial charge in [-0.25, -0.2) is 0 Å². The van der Waals surface area contributed by atoms with Crippen LogP contribution in [-0.2, 0) is 17.1 Å². The second-order valence-corrected chi connectivity index (χ2v) is 9.96. The lowest BCUT2D eigenvalue weighted by Crippen LogP contribution is -2.36. The Kier molecular flexibility index (Phi) is 9.36. The first kappa shape index (κ1) is 32.5. The van der Waals surface area contributed by atoms with E-state index in [0.717, 1.165) is 17.7 Å². The van der Waals surface area contributed by atoms with Crippen LogP contribution in [0.2, 0.25) is 10.0 Å². The summed E-state index contributed by atoms with van der Waals surface area (Å²) >= 11 is 12.8. The molecule has 0 aliphatic rings. The molecule has 0 fully saturated rings. The molecule has 230 valence electrons. The fourth-order valence-electron chi connectivity index (χ4n) is 4.16. The summed E-state index contributed by atoms with van der Waals surface area (Å²) in [5.41, 5.74) is -3.43. The number of benzene rings is 4. The maximum Gasteiger partial charge on any atom is 0.416 e. The first-order valence-corrected chi connectivity index (χ1v) is 13.1. The number of methoxy groups -OCH3 is 1. The van der Waals surface area contributed by atoms with Crippen LogP contribution in [0.15, 0.2) is 78.9 Å². The zero-order valence-electron chi connectivity index (χ0n) is 22.3. The van der Waals surface area contributed by atoms with Gasteiger partial charge in [-0.1, -0.05) is 53.5 Å². The number of hydrogen-bond acceptors (Lipinski definition) is 4. The van der Waals surface area contributed by atoms with E-state index in [2.05, 4.69) is 0 Å². The van der Waals surface area contributed by atoms with Gasteiger partial charge in [-0.2, -0.15) is 26.3 Å². The molecule has 4 rings (SSSR count). The average Bonchev–Trinajstić information content (AvgIpc) is 2.96. The Morgan fingerprint density at radius 1 is 0.818 bits per heavy atom. The third-order valence-corrected chi connectivity index (χ3v) is 6.71. The molecule has 0 aliphatic carbocycles. The Labute approximate surface area is 255 Å². The smallest absolute Gasteiger partial charge is 0.416 e. The lowest BCUT2D eigenvalue weighted by Gasteiger charge is -2.23.